The van der Waals surface area contributed by atoms with E-state index < -0.39 is 0 Å². The molecule has 0 fully saturated rings. The van der Waals surface area contributed by atoms with Gasteiger partial charge in [0.1, 0.15) is 0 Å². The second-order valence-corrected chi connectivity index (χ2v) is 3.45. The third-order valence-corrected chi connectivity index (χ3v) is 2.29. The molecule has 1 N–H and O–H groups in total. The van der Waals surface area contributed by atoms with E-state index in [1.54, 1.807) is 6.20 Å². The number of benzene rings is 1. The zero-order valence-electron chi connectivity index (χ0n) is 8.76. The molecule has 0 aliphatic rings. The molecule has 3 nitrogen and oxygen atoms in total. The molecule has 1 aromatic heterocycles. The van der Waals surface area contributed by atoms with Crippen LogP contribution < -0.4 is 5.32 Å². The van der Waals surface area contributed by atoms with Crippen molar-refractivity contribution < 1.29 is 4.79 Å². The minimum Gasteiger partial charge on any atom is -0.355 e. The summed E-state index contributed by atoms with van der Waals surface area (Å²) in [7, 11) is 0. The van der Waals surface area contributed by atoms with E-state index in [2.05, 4.69) is 10.3 Å². The lowest BCUT2D eigenvalue weighted by Crippen LogP contribution is -2.09. The lowest BCUT2D eigenvalue weighted by molar-refractivity contribution is -0.109. The highest BCUT2D eigenvalue weighted by atomic mass is 16.1. The molecule has 0 radical (unpaired) electrons. The molecule has 2 aromatic rings. The molecular formula is C13H12N2O. The van der Waals surface area contributed by atoms with Gasteiger partial charge in [0.15, 0.2) is 0 Å². The molecule has 16 heavy (non-hydrogen) atoms. The van der Waals surface area contributed by atoms with E-state index in [0.29, 0.717) is 13.0 Å². The molecular weight excluding hydrogens is 200 g/mol. The molecule has 1 aromatic carbocycles. The van der Waals surface area contributed by atoms with Crippen molar-refractivity contribution >= 4 is 6.41 Å². The van der Waals surface area contributed by atoms with Crippen LogP contribution in [0.5, 0.6) is 0 Å². The van der Waals surface area contributed by atoms with Gasteiger partial charge in [-0.05, 0) is 17.2 Å². The van der Waals surface area contributed by atoms with Crippen LogP contribution in [0.15, 0.2) is 48.8 Å². The Labute approximate surface area is 94.1 Å². The van der Waals surface area contributed by atoms with Gasteiger partial charge in [-0.2, -0.15) is 0 Å². The van der Waals surface area contributed by atoms with E-state index in [-0.39, 0.29) is 0 Å². The molecule has 1 amide bonds. The SMILES string of the molecule is O=CNCc1cncc(-c2ccccc2)c1. The van der Waals surface area contributed by atoms with Crippen LogP contribution in [0.3, 0.4) is 0 Å². The summed E-state index contributed by atoms with van der Waals surface area (Å²) in [4.78, 5) is 14.4. The summed E-state index contributed by atoms with van der Waals surface area (Å²) >= 11 is 0. The molecule has 0 aliphatic heterocycles. The highest BCUT2D eigenvalue weighted by Crippen LogP contribution is 2.18. The first-order valence-electron chi connectivity index (χ1n) is 5.06. The smallest absolute Gasteiger partial charge is 0.207 e. The quantitative estimate of drug-likeness (QED) is 0.787. The van der Waals surface area contributed by atoms with Gasteiger partial charge in [-0.15, -0.1) is 0 Å². The van der Waals surface area contributed by atoms with Crippen LogP contribution in [0.1, 0.15) is 5.56 Å². The average Bonchev–Trinajstić information content (AvgIpc) is 2.38. The zero-order chi connectivity index (χ0) is 11.2. The van der Waals surface area contributed by atoms with Crippen molar-refractivity contribution in [2.45, 2.75) is 6.54 Å². The zero-order valence-corrected chi connectivity index (χ0v) is 8.76. The average molecular weight is 212 g/mol. The van der Waals surface area contributed by atoms with Gasteiger partial charge in [0, 0.05) is 24.5 Å². The van der Waals surface area contributed by atoms with Gasteiger partial charge in [-0.25, -0.2) is 0 Å². The van der Waals surface area contributed by atoms with Crippen LogP contribution in [0.2, 0.25) is 0 Å². The van der Waals surface area contributed by atoms with E-state index in [9.17, 15) is 4.79 Å². The minimum atomic E-state index is 0.511. The summed E-state index contributed by atoms with van der Waals surface area (Å²) in [6.07, 6.45) is 4.26. The summed E-state index contributed by atoms with van der Waals surface area (Å²) < 4.78 is 0. The van der Waals surface area contributed by atoms with Gasteiger partial charge >= 0.3 is 0 Å². The Morgan fingerprint density at radius 2 is 1.94 bits per heavy atom. The second kappa shape index (κ2) is 5.07. The van der Waals surface area contributed by atoms with Gasteiger partial charge in [0.25, 0.3) is 0 Å². The highest BCUT2D eigenvalue weighted by Gasteiger charge is 1.98. The number of hydrogen-bond acceptors (Lipinski definition) is 2. The lowest BCUT2D eigenvalue weighted by atomic mass is 10.1. The standard InChI is InChI=1S/C13H12N2O/c16-10-15-8-11-6-13(9-14-7-11)12-4-2-1-3-5-12/h1-7,9-10H,8H2,(H,15,16). The van der Waals surface area contributed by atoms with Crippen LogP contribution in [0, 0.1) is 0 Å². The first kappa shape index (κ1) is 10.4. The Balaban J connectivity index is 2.25. The second-order valence-electron chi connectivity index (χ2n) is 3.45. The van der Waals surface area contributed by atoms with Crippen molar-refractivity contribution in [1.29, 1.82) is 0 Å². The fourth-order valence-electron chi connectivity index (χ4n) is 1.53. The van der Waals surface area contributed by atoms with Gasteiger partial charge in [0.05, 0.1) is 0 Å². The molecule has 0 bridgehead atoms. The molecule has 0 unspecified atom stereocenters. The summed E-state index contributed by atoms with van der Waals surface area (Å²) in [6.45, 7) is 0.511. The van der Waals surface area contributed by atoms with E-state index in [1.807, 2.05) is 42.6 Å². The molecule has 1 heterocycles. The molecule has 0 saturated carbocycles. The van der Waals surface area contributed by atoms with Crippen LogP contribution in [-0.4, -0.2) is 11.4 Å². The molecule has 2 rings (SSSR count). The Morgan fingerprint density at radius 3 is 2.69 bits per heavy atom. The normalized spacial score (nSPS) is 9.75. The van der Waals surface area contributed by atoms with Crippen molar-refractivity contribution in [1.82, 2.24) is 10.3 Å². The maximum Gasteiger partial charge on any atom is 0.207 e. The molecule has 0 atom stereocenters. The van der Waals surface area contributed by atoms with Crippen LogP contribution in [-0.2, 0) is 11.3 Å². The molecule has 0 spiro atoms. The fraction of sp³-hybridized carbons (Fsp3) is 0.0769. The predicted octanol–water partition coefficient (Wildman–Crippen LogP) is 1.99. The first-order valence-corrected chi connectivity index (χ1v) is 5.06. The third kappa shape index (κ3) is 2.45. The summed E-state index contributed by atoms with van der Waals surface area (Å²) in [5.41, 5.74) is 3.18. The van der Waals surface area contributed by atoms with Crippen molar-refractivity contribution in [2.24, 2.45) is 0 Å². The van der Waals surface area contributed by atoms with Gasteiger partial charge in [-0.3, -0.25) is 9.78 Å². The number of amides is 1. The van der Waals surface area contributed by atoms with Crippen molar-refractivity contribution in [3.8, 4) is 11.1 Å². The van der Waals surface area contributed by atoms with Gasteiger partial charge in [0.2, 0.25) is 6.41 Å². The number of hydrogen-bond donors (Lipinski definition) is 1. The van der Waals surface area contributed by atoms with E-state index in [4.69, 9.17) is 0 Å². The summed E-state index contributed by atoms with van der Waals surface area (Å²) in [6, 6.07) is 12.1. The first-order chi connectivity index (χ1) is 7.90. The van der Waals surface area contributed by atoms with Crippen LogP contribution in [0.4, 0.5) is 0 Å². The number of carbonyl (C=O) groups is 1. The van der Waals surface area contributed by atoms with Gasteiger partial charge < -0.3 is 5.32 Å². The molecule has 0 aliphatic carbocycles. The monoisotopic (exact) mass is 212 g/mol. The highest BCUT2D eigenvalue weighted by molar-refractivity contribution is 5.62. The van der Waals surface area contributed by atoms with Crippen LogP contribution in [0.25, 0.3) is 11.1 Å². The largest absolute Gasteiger partial charge is 0.355 e. The maximum absolute atomic E-state index is 10.2. The number of carbonyl (C=O) groups excluding carboxylic acids is 1. The Hall–Kier alpha value is -2.16. The van der Waals surface area contributed by atoms with Crippen molar-refractivity contribution in [3.05, 3.63) is 54.4 Å². The summed E-state index contributed by atoms with van der Waals surface area (Å²) in [5.74, 6) is 0. The van der Waals surface area contributed by atoms with Crippen LogP contribution >= 0.6 is 0 Å². The molecule has 80 valence electrons. The maximum atomic E-state index is 10.2. The molecule has 3 heteroatoms. The third-order valence-electron chi connectivity index (χ3n) is 2.29. The fourth-order valence-corrected chi connectivity index (χ4v) is 1.53. The number of pyridine rings is 1. The number of nitrogens with one attached hydrogen (secondary N) is 1. The predicted molar refractivity (Wildman–Crippen MR) is 62.6 cm³/mol. The number of nitrogens with zero attached hydrogens (tertiary/aromatic N) is 1. The topological polar surface area (TPSA) is 42.0 Å². The lowest BCUT2D eigenvalue weighted by Gasteiger charge is -2.04. The van der Waals surface area contributed by atoms with E-state index in [0.717, 1.165) is 16.7 Å². The van der Waals surface area contributed by atoms with Gasteiger partial charge in [-0.1, -0.05) is 30.3 Å². The number of aromatic nitrogens is 1. The number of rotatable bonds is 4. The Morgan fingerprint density at radius 1 is 1.12 bits per heavy atom. The molecule has 0 saturated heterocycles. The Bertz CT molecular complexity index is 468. The summed E-state index contributed by atoms with van der Waals surface area (Å²) in [5, 5.41) is 2.62. The minimum absolute atomic E-state index is 0.511. The van der Waals surface area contributed by atoms with Crippen molar-refractivity contribution in [3.63, 3.8) is 0 Å². The Kier molecular flexibility index (Phi) is 3.28. The van der Waals surface area contributed by atoms with Crippen molar-refractivity contribution in [2.75, 3.05) is 0 Å². The van der Waals surface area contributed by atoms with E-state index in [1.165, 1.54) is 0 Å². The van der Waals surface area contributed by atoms with E-state index >= 15 is 0 Å².